The molecule has 0 saturated heterocycles. The lowest BCUT2D eigenvalue weighted by atomic mass is 10.0. The van der Waals surface area contributed by atoms with Crippen molar-refractivity contribution in [3.63, 3.8) is 0 Å². The van der Waals surface area contributed by atoms with E-state index in [2.05, 4.69) is 23.5 Å². The van der Waals surface area contributed by atoms with Crippen LogP contribution in [0.25, 0.3) is 10.8 Å². The van der Waals surface area contributed by atoms with Gasteiger partial charge < -0.3 is 5.32 Å². The Labute approximate surface area is 164 Å². The lowest BCUT2D eigenvalue weighted by molar-refractivity contribution is -0.120. The van der Waals surface area contributed by atoms with Crippen molar-refractivity contribution in [1.29, 1.82) is 0 Å². The first kappa shape index (κ1) is 17.0. The van der Waals surface area contributed by atoms with E-state index in [0.717, 1.165) is 34.9 Å². The van der Waals surface area contributed by atoms with Crippen LogP contribution in [0.5, 0.6) is 0 Å². The molecule has 1 heterocycles. The molecule has 4 heteroatoms. The van der Waals surface area contributed by atoms with E-state index in [4.69, 9.17) is 0 Å². The number of nitrogens with zero attached hydrogens (tertiary/aromatic N) is 1. The first-order valence-electron chi connectivity index (χ1n) is 9.86. The van der Waals surface area contributed by atoms with Crippen molar-refractivity contribution in [2.75, 3.05) is 11.4 Å². The first-order valence-corrected chi connectivity index (χ1v) is 9.86. The standard InChI is InChI=1S/C24H22N2O2/c1-15(18-12-11-16-5-2-8-19(16)13-18)25-22(27)14-26-21-10-4-7-17-6-3-9-20(23(17)21)24(26)28/h3-4,6-7,9-13,15H,2,5,8,14H2,1H3,(H,25,27)/t15-/m0/s1. The van der Waals surface area contributed by atoms with Gasteiger partial charge in [0.2, 0.25) is 5.91 Å². The minimum atomic E-state index is -0.147. The van der Waals surface area contributed by atoms with Crippen LogP contribution in [0.2, 0.25) is 0 Å². The maximum Gasteiger partial charge on any atom is 0.259 e. The van der Waals surface area contributed by atoms with Crippen LogP contribution < -0.4 is 10.2 Å². The SMILES string of the molecule is C[C@H](NC(=O)CN1C(=O)c2cccc3cccc1c23)c1ccc2c(c1)CCC2. The minimum absolute atomic E-state index is 0.0297. The normalized spacial score (nSPS) is 15.8. The fraction of sp³-hybridized carbons (Fsp3) is 0.250. The molecule has 5 rings (SSSR count). The van der Waals surface area contributed by atoms with Gasteiger partial charge in [0.05, 0.1) is 11.7 Å². The molecule has 1 aliphatic heterocycles. The highest BCUT2D eigenvalue weighted by Crippen LogP contribution is 2.37. The van der Waals surface area contributed by atoms with Crippen LogP contribution in [0.3, 0.4) is 0 Å². The van der Waals surface area contributed by atoms with Crippen molar-refractivity contribution >= 4 is 28.3 Å². The molecule has 0 saturated carbocycles. The van der Waals surface area contributed by atoms with Gasteiger partial charge in [-0.1, -0.05) is 42.5 Å². The second-order valence-electron chi connectivity index (χ2n) is 7.74. The topological polar surface area (TPSA) is 49.4 Å². The molecule has 0 bridgehead atoms. The number of rotatable bonds is 4. The molecule has 0 fully saturated rings. The van der Waals surface area contributed by atoms with Gasteiger partial charge >= 0.3 is 0 Å². The summed E-state index contributed by atoms with van der Waals surface area (Å²) < 4.78 is 0. The first-order chi connectivity index (χ1) is 13.6. The van der Waals surface area contributed by atoms with Gasteiger partial charge in [0.15, 0.2) is 0 Å². The number of benzene rings is 3. The van der Waals surface area contributed by atoms with Crippen molar-refractivity contribution in [2.24, 2.45) is 0 Å². The lowest BCUT2D eigenvalue weighted by Crippen LogP contribution is -2.39. The fourth-order valence-electron chi connectivity index (χ4n) is 4.51. The second kappa shape index (κ2) is 6.48. The maximum atomic E-state index is 12.8. The number of carbonyl (C=O) groups is 2. The number of nitrogens with one attached hydrogen (secondary N) is 1. The summed E-state index contributed by atoms with van der Waals surface area (Å²) in [6.45, 7) is 2.03. The van der Waals surface area contributed by atoms with Gasteiger partial charge in [0.1, 0.15) is 6.54 Å². The van der Waals surface area contributed by atoms with Gasteiger partial charge in [-0.3, -0.25) is 14.5 Å². The third kappa shape index (κ3) is 2.68. The van der Waals surface area contributed by atoms with Crippen LogP contribution >= 0.6 is 0 Å². The molecular formula is C24H22N2O2. The van der Waals surface area contributed by atoms with Crippen molar-refractivity contribution in [3.8, 4) is 0 Å². The Bertz CT molecular complexity index is 1110. The number of hydrogen-bond acceptors (Lipinski definition) is 2. The molecule has 1 atom stereocenters. The highest BCUT2D eigenvalue weighted by molar-refractivity contribution is 6.26. The Balaban J connectivity index is 1.34. The van der Waals surface area contributed by atoms with Crippen LogP contribution in [0, 0.1) is 0 Å². The van der Waals surface area contributed by atoms with Crippen LogP contribution in [-0.4, -0.2) is 18.4 Å². The van der Waals surface area contributed by atoms with E-state index in [1.807, 2.05) is 43.3 Å². The third-order valence-electron chi connectivity index (χ3n) is 5.95. The summed E-state index contributed by atoms with van der Waals surface area (Å²) in [6, 6.07) is 18.0. The Morgan fingerprint density at radius 3 is 2.71 bits per heavy atom. The summed E-state index contributed by atoms with van der Waals surface area (Å²) in [7, 11) is 0. The quantitative estimate of drug-likeness (QED) is 0.749. The smallest absolute Gasteiger partial charge is 0.259 e. The van der Waals surface area contributed by atoms with E-state index in [1.165, 1.54) is 17.5 Å². The third-order valence-corrected chi connectivity index (χ3v) is 5.95. The van der Waals surface area contributed by atoms with E-state index >= 15 is 0 Å². The predicted molar refractivity (Wildman–Crippen MR) is 111 cm³/mol. The Kier molecular flexibility index (Phi) is 3.93. The average Bonchev–Trinajstić information content (AvgIpc) is 3.27. The zero-order valence-corrected chi connectivity index (χ0v) is 15.9. The van der Waals surface area contributed by atoms with Gasteiger partial charge in [-0.15, -0.1) is 0 Å². The molecule has 2 aliphatic rings. The molecule has 0 radical (unpaired) electrons. The van der Waals surface area contributed by atoms with Crippen LogP contribution in [-0.2, 0) is 17.6 Å². The Morgan fingerprint density at radius 2 is 1.86 bits per heavy atom. The van der Waals surface area contributed by atoms with E-state index in [1.54, 1.807) is 4.90 Å². The number of aryl methyl sites for hydroxylation is 2. The fourth-order valence-corrected chi connectivity index (χ4v) is 4.51. The lowest BCUT2D eigenvalue weighted by Gasteiger charge is -2.20. The number of carbonyl (C=O) groups excluding carboxylic acids is 2. The maximum absolute atomic E-state index is 12.8. The van der Waals surface area contributed by atoms with Crippen molar-refractivity contribution in [2.45, 2.75) is 32.2 Å². The van der Waals surface area contributed by atoms with E-state index in [-0.39, 0.29) is 24.4 Å². The molecule has 3 aromatic carbocycles. The molecule has 140 valence electrons. The highest BCUT2D eigenvalue weighted by atomic mass is 16.2. The molecule has 4 nitrogen and oxygen atoms in total. The largest absolute Gasteiger partial charge is 0.348 e. The molecule has 0 spiro atoms. The van der Waals surface area contributed by atoms with Crippen LogP contribution in [0.1, 0.15) is 46.4 Å². The van der Waals surface area contributed by atoms with Crippen molar-refractivity contribution < 1.29 is 9.59 Å². The number of hydrogen-bond donors (Lipinski definition) is 1. The summed E-state index contributed by atoms with van der Waals surface area (Å²) in [4.78, 5) is 27.2. The van der Waals surface area contributed by atoms with Gasteiger partial charge in [0.25, 0.3) is 5.91 Å². The Hall–Kier alpha value is -3.14. The minimum Gasteiger partial charge on any atom is -0.348 e. The average molecular weight is 370 g/mol. The van der Waals surface area contributed by atoms with Crippen LogP contribution in [0.4, 0.5) is 5.69 Å². The highest BCUT2D eigenvalue weighted by Gasteiger charge is 2.31. The van der Waals surface area contributed by atoms with E-state index in [9.17, 15) is 9.59 Å². The summed E-state index contributed by atoms with van der Waals surface area (Å²) in [5.74, 6) is -0.252. The molecule has 28 heavy (non-hydrogen) atoms. The monoisotopic (exact) mass is 370 g/mol. The van der Waals surface area contributed by atoms with Gasteiger partial charge in [-0.2, -0.15) is 0 Å². The van der Waals surface area contributed by atoms with Crippen molar-refractivity contribution in [1.82, 2.24) is 5.32 Å². The number of amides is 2. The van der Waals surface area contributed by atoms with E-state index < -0.39 is 0 Å². The molecule has 1 aliphatic carbocycles. The Morgan fingerprint density at radius 1 is 1.07 bits per heavy atom. The van der Waals surface area contributed by atoms with E-state index in [0.29, 0.717) is 5.56 Å². The van der Waals surface area contributed by atoms with Gasteiger partial charge in [-0.05, 0) is 60.4 Å². The summed E-state index contributed by atoms with van der Waals surface area (Å²) >= 11 is 0. The molecule has 0 aromatic heterocycles. The van der Waals surface area contributed by atoms with Gasteiger partial charge in [-0.25, -0.2) is 0 Å². The summed E-state index contributed by atoms with van der Waals surface area (Å²) in [5, 5.41) is 5.03. The molecule has 3 aromatic rings. The predicted octanol–water partition coefficient (Wildman–Crippen LogP) is 4.17. The zero-order valence-electron chi connectivity index (χ0n) is 15.9. The molecule has 2 amide bonds. The van der Waals surface area contributed by atoms with Crippen LogP contribution in [0.15, 0.2) is 54.6 Å². The molecule has 1 N–H and O–H groups in total. The summed E-state index contributed by atoms with van der Waals surface area (Å²) in [6.07, 6.45) is 3.48. The number of fused-ring (bicyclic) bond motifs is 1. The van der Waals surface area contributed by atoms with Crippen molar-refractivity contribution in [3.05, 3.63) is 76.9 Å². The van der Waals surface area contributed by atoms with Gasteiger partial charge in [0, 0.05) is 10.9 Å². The second-order valence-corrected chi connectivity index (χ2v) is 7.74. The zero-order chi connectivity index (χ0) is 19.3. The number of anilines is 1. The molecule has 0 unspecified atom stereocenters. The molecular weight excluding hydrogens is 348 g/mol. The summed E-state index contributed by atoms with van der Waals surface area (Å²) in [5.41, 5.74) is 5.43.